The molecule has 0 fully saturated rings. The van der Waals surface area contributed by atoms with Crippen molar-refractivity contribution in [2.75, 3.05) is 12.5 Å². The normalized spacial score (nSPS) is 12.4. The molecule has 1 aromatic carbocycles. The van der Waals surface area contributed by atoms with Gasteiger partial charge in [0.2, 0.25) is 0 Å². The summed E-state index contributed by atoms with van der Waals surface area (Å²) in [5.41, 5.74) is 4.91. The summed E-state index contributed by atoms with van der Waals surface area (Å²) in [6, 6.07) is 12.2. The fourth-order valence-electron chi connectivity index (χ4n) is 2.02. The molecule has 0 aliphatic heterocycles. The van der Waals surface area contributed by atoms with E-state index in [1.54, 1.807) is 0 Å². The van der Waals surface area contributed by atoms with Crippen LogP contribution in [-0.2, 0) is 6.54 Å². The molecule has 1 aromatic heterocycles. The molecule has 0 bridgehead atoms. The van der Waals surface area contributed by atoms with Crippen molar-refractivity contribution in [1.82, 2.24) is 9.88 Å². The minimum Gasteiger partial charge on any atom is -0.308 e. The van der Waals surface area contributed by atoms with E-state index in [0.717, 1.165) is 17.1 Å². The van der Waals surface area contributed by atoms with Crippen molar-refractivity contribution in [2.45, 2.75) is 19.5 Å². The zero-order valence-corrected chi connectivity index (χ0v) is 12.4. The second-order valence-electron chi connectivity index (χ2n) is 4.84. The van der Waals surface area contributed by atoms with Gasteiger partial charge >= 0.3 is 0 Å². The van der Waals surface area contributed by atoms with Crippen LogP contribution >= 0.6 is 11.6 Å². The molecular weight excluding hydrogens is 272 g/mol. The molecule has 2 rings (SSSR count). The minimum atomic E-state index is 0.305. The lowest BCUT2D eigenvalue weighted by molar-refractivity contribution is 0.253. The number of hydrogen-bond donors (Lipinski definition) is 2. The molecule has 4 nitrogen and oxygen atoms in total. The third-order valence-electron chi connectivity index (χ3n) is 3.42. The van der Waals surface area contributed by atoms with Crippen LogP contribution in [0.15, 0.2) is 42.6 Å². The van der Waals surface area contributed by atoms with E-state index in [4.69, 9.17) is 17.4 Å². The molecule has 106 valence electrons. The predicted molar refractivity (Wildman–Crippen MR) is 83.4 cm³/mol. The number of benzene rings is 1. The molecule has 1 unspecified atom stereocenters. The Morgan fingerprint density at radius 1 is 1.25 bits per heavy atom. The highest BCUT2D eigenvalue weighted by Crippen LogP contribution is 2.22. The highest BCUT2D eigenvalue weighted by atomic mass is 35.5. The van der Waals surface area contributed by atoms with Crippen LogP contribution in [0.5, 0.6) is 0 Å². The third-order valence-corrected chi connectivity index (χ3v) is 3.67. The van der Waals surface area contributed by atoms with Crippen molar-refractivity contribution in [3.05, 3.63) is 58.7 Å². The van der Waals surface area contributed by atoms with Crippen LogP contribution in [0.3, 0.4) is 0 Å². The Balaban J connectivity index is 2.02. The number of nitrogens with one attached hydrogen (secondary N) is 1. The third kappa shape index (κ3) is 3.70. The lowest BCUT2D eigenvalue weighted by Gasteiger charge is -2.25. The average molecular weight is 291 g/mol. The summed E-state index contributed by atoms with van der Waals surface area (Å²) in [6.45, 7) is 2.99. The summed E-state index contributed by atoms with van der Waals surface area (Å²) < 4.78 is 0. The Labute approximate surface area is 124 Å². The molecule has 2 aromatic rings. The van der Waals surface area contributed by atoms with Gasteiger partial charge in [0.05, 0.1) is 0 Å². The Kier molecular flexibility index (Phi) is 4.95. The maximum atomic E-state index is 5.92. The number of aromatic nitrogens is 1. The number of anilines is 1. The predicted octanol–water partition coefficient (Wildman–Crippen LogP) is 3.21. The summed E-state index contributed by atoms with van der Waals surface area (Å²) in [6.07, 6.45) is 1.83. The van der Waals surface area contributed by atoms with Crippen molar-refractivity contribution in [3.8, 4) is 0 Å². The van der Waals surface area contributed by atoms with E-state index < -0.39 is 0 Å². The number of nitrogens with two attached hydrogens (primary N) is 1. The topological polar surface area (TPSA) is 54.2 Å². The molecule has 0 aliphatic rings. The average Bonchev–Trinajstić information content (AvgIpc) is 2.48. The first-order chi connectivity index (χ1) is 9.60. The largest absolute Gasteiger partial charge is 0.308 e. The summed E-state index contributed by atoms with van der Waals surface area (Å²) >= 11 is 5.92. The molecule has 0 amide bonds. The van der Waals surface area contributed by atoms with E-state index in [-0.39, 0.29) is 0 Å². The Bertz CT molecular complexity index is 539. The summed E-state index contributed by atoms with van der Waals surface area (Å²) in [7, 11) is 2.09. The van der Waals surface area contributed by atoms with Gasteiger partial charge in [-0.05, 0) is 43.3 Å². The number of pyridine rings is 1. The maximum Gasteiger partial charge on any atom is 0.139 e. The van der Waals surface area contributed by atoms with Crippen molar-refractivity contribution in [3.63, 3.8) is 0 Å². The van der Waals surface area contributed by atoms with Crippen molar-refractivity contribution in [2.24, 2.45) is 5.84 Å². The lowest BCUT2D eigenvalue weighted by Crippen LogP contribution is -2.22. The zero-order valence-electron chi connectivity index (χ0n) is 11.7. The maximum absolute atomic E-state index is 5.92. The summed E-state index contributed by atoms with van der Waals surface area (Å²) in [5.74, 6) is 5.97. The molecule has 0 radical (unpaired) electrons. The Morgan fingerprint density at radius 2 is 1.95 bits per heavy atom. The van der Waals surface area contributed by atoms with E-state index in [1.807, 2.05) is 30.5 Å². The molecule has 3 N–H and O–H groups in total. The monoisotopic (exact) mass is 290 g/mol. The van der Waals surface area contributed by atoms with E-state index >= 15 is 0 Å². The highest BCUT2D eigenvalue weighted by Gasteiger charge is 2.12. The van der Waals surface area contributed by atoms with E-state index in [1.165, 1.54) is 5.56 Å². The second-order valence-corrected chi connectivity index (χ2v) is 5.28. The lowest BCUT2D eigenvalue weighted by atomic mass is 10.1. The van der Waals surface area contributed by atoms with E-state index in [2.05, 4.69) is 41.4 Å². The molecule has 0 spiro atoms. The highest BCUT2D eigenvalue weighted by molar-refractivity contribution is 6.30. The van der Waals surface area contributed by atoms with Gasteiger partial charge in [0, 0.05) is 23.8 Å². The molecule has 0 aliphatic carbocycles. The van der Waals surface area contributed by atoms with Gasteiger partial charge < -0.3 is 5.43 Å². The fraction of sp³-hybridized carbons (Fsp3) is 0.267. The fourth-order valence-corrected chi connectivity index (χ4v) is 2.15. The van der Waals surface area contributed by atoms with Gasteiger partial charge in [-0.15, -0.1) is 0 Å². The van der Waals surface area contributed by atoms with Gasteiger partial charge in [0.25, 0.3) is 0 Å². The quantitative estimate of drug-likeness (QED) is 0.656. The summed E-state index contributed by atoms with van der Waals surface area (Å²) in [4.78, 5) is 6.47. The first-order valence-corrected chi connectivity index (χ1v) is 6.85. The van der Waals surface area contributed by atoms with Crippen LogP contribution in [0.25, 0.3) is 0 Å². The second kappa shape index (κ2) is 6.70. The van der Waals surface area contributed by atoms with Gasteiger partial charge in [0.1, 0.15) is 5.82 Å². The van der Waals surface area contributed by atoms with Crippen LogP contribution in [0.1, 0.15) is 24.1 Å². The molecule has 0 saturated heterocycles. The number of nitrogen functional groups attached to an aromatic ring is 1. The first-order valence-electron chi connectivity index (χ1n) is 6.47. The number of hydrazine groups is 1. The minimum absolute atomic E-state index is 0.305. The van der Waals surface area contributed by atoms with Gasteiger partial charge in [0.15, 0.2) is 0 Å². The van der Waals surface area contributed by atoms with Crippen molar-refractivity contribution >= 4 is 17.4 Å². The van der Waals surface area contributed by atoms with Crippen LogP contribution < -0.4 is 11.3 Å². The molecule has 5 heteroatoms. The van der Waals surface area contributed by atoms with Crippen LogP contribution in [0.4, 0.5) is 5.82 Å². The van der Waals surface area contributed by atoms with Crippen LogP contribution in [-0.4, -0.2) is 16.9 Å². The Hall–Kier alpha value is -1.62. The van der Waals surface area contributed by atoms with Crippen molar-refractivity contribution < 1.29 is 0 Å². The molecule has 1 atom stereocenters. The van der Waals surface area contributed by atoms with Gasteiger partial charge in [-0.25, -0.2) is 10.8 Å². The summed E-state index contributed by atoms with van der Waals surface area (Å²) in [5, 5.41) is 0.762. The Morgan fingerprint density at radius 3 is 2.50 bits per heavy atom. The molecule has 1 heterocycles. The SMILES string of the molecule is CC(c1ccc(Cl)cc1)N(C)Cc1ccc(NN)nc1. The smallest absolute Gasteiger partial charge is 0.139 e. The molecular formula is C15H19ClN4. The van der Waals surface area contributed by atoms with Crippen LogP contribution in [0, 0.1) is 0 Å². The van der Waals surface area contributed by atoms with Crippen molar-refractivity contribution in [1.29, 1.82) is 0 Å². The number of hydrogen-bond acceptors (Lipinski definition) is 4. The number of rotatable bonds is 5. The first kappa shape index (κ1) is 14.8. The standard InChI is InChI=1S/C15H19ClN4/c1-11(13-4-6-14(16)7-5-13)20(2)10-12-3-8-15(19-17)18-9-12/h3-9,11H,10,17H2,1-2H3,(H,18,19). The molecule has 20 heavy (non-hydrogen) atoms. The van der Waals surface area contributed by atoms with Gasteiger partial charge in [-0.2, -0.15) is 0 Å². The van der Waals surface area contributed by atoms with E-state index in [0.29, 0.717) is 11.9 Å². The number of nitrogens with zero attached hydrogens (tertiary/aromatic N) is 2. The zero-order chi connectivity index (χ0) is 14.5. The van der Waals surface area contributed by atoms with E-state index in [9.17, 15) is 0 Å². The number of halogens is 1. The molecule has 0 saturated carbocycles. The van der Waals surface area contributed by atoms with Crippen LogP contribution in [0.2, 0.25) is 5.02 Å². The van der Waals surface area contributed by atoms with Gasteiger partial charge in [-0.3, -0.25) is 4.90 Å². The van der Waals surface area contributed by atoms with Gasteiger partial charge in [-0.1, -0.05) is 29.8 Å².